The van der Waals surface area contributed by atoms with E-state index in [1.807, 2.05) is 48.7 Å². The second kappa shape index (κ2) is 6.78. The fourth-order valence-electron chi connectivity index (χ4n) is 4.26. The zero-order chi connectivity index (χ0) is 18.2. The van der Waals surface area contributed by atoms with E-state index in [0.717, 1.165) is 53.0 Å². The highest BCUT2D eigenvalue weighted by Crippen LogP contribution is 2.39. The van der Waals surface area contributed by atoms with Crippen molar-refractivity contribution in [2.75, 3.05) is 26.2 Å². The molecule has 4 heteroatoms. The topological polar surface area (TPSA) is 42.4 Å². The molecule has 0 N–H and O–H groups in total. The molecule has 1 aromatic heterocycles. The number of hydrogen-bond donors (Lipinski definition) is 0. The third-order valence-corrected chi connectivity index (χ3v) is 5.63. The zero-order valence-corrected chi connectivity index (χ0v) is 15.3. The van der Waals surface area contributed by atoms with Crippen LogP contribution in [0.1, 0.15) is 35.2 Å². The number of likely N-dealkylation sites (tertiary alicyclic amines) is 1. The third-order valence-electron chi connectivity index (χ3n) is 5.63. The molecule has 2 aliphatic rings. The Hall–Kier alpha value is -2.72. The predicted molar refractivity (Wildman–Crippen MR) is 106 cm³/mol. The van der Waals surface area contributed by atoms with Crippen LogP contribution >= 0.6 is 0 Å². The van der Waals surface area contributed by atoms with Gasteiger partial charge in [0, 0.05) is 34.8 Å². The van der Waals surface area contributed by atoms with Gasteiger partial charge >= 0.3 is 0 Å². The number of hydrogen-bond acceptors (Lipinski definition) is 4. The Labute approximate surface area is 158 Å². The number of fused-ring (bicyclic) bond motifs is 2. The van der Waals surface area contributed by atoms with Crippen molar-refractivity contribution < 1.29 is 9.53 Å². The fourth-order valence-corrected chi connectivity index (χ4v) is 4.26. The van der Waals surface area contributed by atoms with Crippen LogP contribution in [-0.4, -0.2) is 41.9 Å². The Morgan fingerprint density at radius 1 is 0.963 bits per heavy atom. The lowest BCUT2D eigenvalue weighted by Crippen LogP contribution is -2.33. The van der Waals surface area contributed by atoms with Crippen LogP contribution in [0.25, 0.3) is 22.0 Å². The molecule has 0 amide bonds. The van der Waals surface area contributed by atoms with Crippen molar-refractivity contribution in [3.8, 4) is 17.0 Å². The van der Waals surface area contributed by atoms with Crippen LogP contribution in [-0.2, 0) is 0 Å². The molecule has 4 nitrogen and oxygen atoms in total. The maximum atomic E-state index is 13.1. The number of nitrogens with zero attached hydrogens (tertiary/aromatic N) is 2. The summed E-state index contributed by atoms with van der Waals surface area (Å²) < 4.78 is 6.05. The minimum atomic E-state index is 0.0533. The standard InChI is InChI=1S/C23H22N2O2/c26-23-19-7-3-2-6-18(19)22-21-16(8-9-24-22)14-17(15-20(21)23)27-13-12-25-10-4-1-5-11-25/h2-3,6-9,14-15H,1,4-5,10-13H2. The number of piperidine rings is 1. The van der Waals surface area contributed by atoms with E-state index in [0.29, 0.717) is 12.2 Å². The van der Waals surface area contributed by atoms with E-state index >= 15 is 0 Å². The summed E-state index contributed by atoms with van der Waals surface area (Å²) in [5, 5.41) is 1.94. The minimum absolute atomic E-state index is 0.0533. The van der Waals surface area contributed by atoms with Crippen LogP contribution in [0.2, 0.25) is 0 Å². The molecule has 0 spiro atoms. The summed E-state index contributed by atoms with van der Waals surface area (Å²) in [5.41, 5.74) is 3.22. The summed E-state index contributed by atoms with van der Waals surface area (Å²) in [4.78, 5) is 20.1. The number of carbonyl (C=O) groups excluding carboxylic acids is 1. The summed E-state index contributed by atoms with van der Waals surface area (Å²) in [6.45, 7) is 3.91. The highest BCUT2D eigenvalue weighted by atomic mass is 16.5. The van der Waals surface area contributed by atoms with Gasteiger partial charge in [0.1, 0.15) is 12.4 Å². The molecule has 0 radical (unpaired) electrons. The van der Waals surface area contributed by atoms with Crippen LogP contribution in [0.4, 0.5) is 0 Å². The van der Waals surface area contributed by atoms with Gasteiger partial charge in [-0.1, -0.05) is 30.7 Å². The molecule has 136 valence electrons. The molecule has 0 unspecified atom stereocenters. The second-order valence-electron chi connectivity index (χ2n) is 7.35. The molecule has 1 fully saturated rings. The first-order chi connectivity index (χ1) is 13.3. The Bertz CT molecular complexity index is 1020. The van der Waals surface area contributed by atoms with E-state index in [1.165, 1.54) is 19.3 Å². The molecule has 0 saturated carbocycles. The number of carbonyl (C=O) groups is 1. The lowest BCUT2D eigenvalue weighted by Gasteiger charge is -2.26. The molecule has 1 saturated heterocycles. The first kappa shape index (κ1) is 16.5. The largest absolute Gasteiger partial charge is 0.492 e. The maximum absolute atomic E-state index is 13.1. The first-order valence-corrected chi connectivity index (χ1v) is 9.73. The lowest BCUT2D eigenvalue weighted by atomic mass is 9.85. The monoisotopic (exact) mass is 358 g/mol. The van der Waals surface area contributed by atoms with Crippen molar-refractivity contribution >= 4 is 16.6 Å². The van der Waals surface area contributed by atoms with Gasteiger partial charge in [-0.2, -0.15) is 0 Å². The SMILES string of the molecule is O=C1c2ccccc2-c2nccc3cc(OCCN4CCCCC4)cc1c23. The van der Waals surface area contributed by atoms with Crippen LogP contribution in [0.3, 0.4) is 0 Å². The summed E-state index contributed by atoms with van der Waals surface area (Å²) in [5.74, 6) is 0.817. The van der Waals surface area contributed by atoms with Crippen molar-refractivity contribution in [1.82, 2.24) is 9.88 Å². The molecule has 0 bridgehead atoms. The Morgan fingerprint density at radius 2 is 1.78 bits per heavy atom. The number of pyridine rings is 1. The Morgan fingerprint density at radius 3 is 2.63 bits per heavy atom. The van der Waals surface area contributed by atoms with E-state index in [4.69, 9.17) is 4.74 Å². The Balaban J connectivity index is 1.47. The molecule has 1 aliphatic carbocycles. The highest BCUT2D eigenvalue weighted by Gasteiger charge is 2.26. The van der Waals surface area contributed by atoms with Gasteiger partial charge in [-0.05, 0) is 49.5 Å². The number of benzene rings is 2. The van der Waals surface area contributed by atoms with E-state index in [1.54, 1.807) is 0 Å². The molecule has 2 heterocycles. The normalized spacial score (nSPS) is 16.4. The summed E-state index contributed by atoms with van der Waals surface area (Å²) in [7, 11) is 0. The smallest absolute Gasteiger partial charge is 0.194 e. The molecular formula is C23H22N2O2. The minimum Gasteiger partial charge on any atom is -0.492 e. The molecule has 0 atom stereocenters. The number of rotatable bonds is 4. The molecule has 1 aliphatic heterocycles. The molecule has 27 heavy (non-hydrogen) atoms. The quantitative estimate of drug-likeness (QED) is 0.545. The number of aromatic nitrogens is 1. The van der Waals surface area contributed by atoms with Crippen molar-refractivity contribution in [3.63, 3.8) is 0 Å². The summed E-state index contributed by atoms with van der Waals surface area (Å²) in [6, 6.07) is 13.6. The van der Waals surface area contributed by atoms with Crippen LogP contribution in [0.15, 0.2) is 48.7 Å². The number of ketones is 1. The van der Waals surface area contributed by atoms with Crippen molar-refractivity contribution in [1.29, 1.82) is 0 Å². The number of ether oxygens (including phenoxy) is 1. The van der Waals surface area contributed by atoms with Crippen molar-refractivity contribution in [3.05, 3.63) is 59.8 Å². The fraction of sp³-hybridized carbons (Fsp3) is 0.304. The lowest BCUT2D eigenvalue weighted by molar-refractivity contribution is 0.103. The van der Waals surface area contributed by atoms with Gasteiger partial charge in [0.05, 0.1) is 5.69 Å². The molecule has 5 rings (SSSR count). The second-order valence-corrected chi connectivity index (χ2v) is 7.35. The van der Waals surface area contributed by atoms with Crippen molar-refractivity contribution in [2.45, 2.75) is 19.3 Å². The van der Waals surface area contributed by atoms with Gasteiger partial charge in [-0.25, -0.2) is 0 Å². The van der Waals surface area contributed by atoms with E-state index in [-0.39, 0.29) is 5.78 Å². The third kappa shape index (κ3) is 2.90. The van der Waals surface area contributed by atoms with Gasteiger partial charge in [0.2, 0.25) is 0 Å². The van der Waals surface area contributed by atoms with E-state index in [2.05, 4.69) is 9.88 Å². The van der Waals surface area contributed by atoms with Gasteiger partial charge in [0.25, 0.3) is 0 Å². The van der Waals surface area contributed by atoms with Crippen LogP contribution in [0, 0.1) is 0 Å². The average Bonchev–Trinajstić information content (AvgIpc) is 2.72. The van der Waals surface area contributed by atoms with E-state index < -0.39 is 0 Å². The highest BCUT2D eigenvalue weighted by molar-refractivity contribution is 6.25. The van der Waals surface area contributed by atoms with Gasteiger partial charge in [0.15, 0.2) is 5.78 Å². The molecule has 2 aromatic carbocycles. The predicted octanol–water partition coefficient (Wildman–Crippen LogP) is 4.31. The zero-order valence-electron chi connectivity index (χ0n) is 15.3. The first-order valence-electron chi connectivity index (χ1n) is 9.73. The summed E-state index contributed by atoms with van der Waals surface area (Å²) >= 11 is 0. The Kier molecular flexibility index (Phi) is 4.13. The van der Waals surface area contributed by atoms with Crippen LogP contribution < -0.4 is 4.74 Å². The molecule has 3 aromatic rings. The van der Waals surface area contributed by atoms with Gasteiger partial charge < -0.3 is 4.74 Å². The van der Waals surface area contributed by atoms with Gasteiger partial charge in [-0.3, -0.25) is 14.7 Å². The van der Waals surface area contributed by atoms with Crippen molar-refractivity contribution in [2.24, 2.45) is 0 Å². The summed E-state index contributed by atoms with van der Waals surface area (Å²) in [6.07, 6.45) is 5.71. The average molecular weight is 358 g/mol. The maximum Gasteiger partial charge on any atom is 0.194 e. The van der Waals surface area contributed by atoms with Gasteiger partial charge in [-0.15, -0.1) is 0 Å². The van der Waals surface area contributed by atoms with Crippen LogP contribution in [0.5, 0.6) is 5.75 Å². The molecular weight excluding hydrogens is 336 g/mol. The van der Waals surface area contributed by atoms with E-state index in [9.17, 15) is 4.79 Å².